The van der Waals surface area contributed by atoms with E-state index in [1.54, 1.807) is 0 Å². The number of amides is 1. The molecule has 2 rings (SSSR count). The maximum atomic E-state index is 13.2. The molecule has 0 aromatic heterocycles. The van der Waals surface area contributed by atoms with Crippen molar-refractivity contribution in [2.45, 2.75) is 65.1 Å². The summed E-state index contributed by atoms with van der Waals surface area (Å²) in [5, 5.41) is 4.11. The van der Waals surface area contributed by atoms with Crippen molar-refractivity contribution in [1.29, 1.82) is 0 Å². The zero-order valence-corrected chi connectivity index (χ0v) is 17.4. The van der Waals surface area contributed by atoms with Crippen LogP contribution in [0.5, 0.6) is 0 Å². The highest BCUT2D eigenvalue weighted by molar-refractivity contribution is 6.90. The quantitative estimate of drug-likeness (QED) is 0.576. The molecule has 0 spiro atoms. The minimum absolute atomic E-state index is 0.0145. The Kier molecular flexibility index (Phi) is 4.46. The van der Waals surface area contributed by atoms with Crippen molar-refractivity contribution < 1.29 is 9.63 Å². The molecule has 0 saturated carbocycles. The van der Waals surface area contributed by atoms with Gasteiger partial charge in [0.05, 0.1) is 0 Å². The van der Waals surface area contributed by atoms with Crippen molar-refractivity contribution >= 4 is 25.5 Å². The molecule has 0 atom stereocenters. The number of oxime groups is 1. The first-order chi connectivity index (χ1) is 10.8. The summed E-state index contributed by atoms with van der Waals surface area (Å²) < 4.78 is 2.01. The summed E-state index contributed by atoms with van der Waals surface area (Å²) in [6.45, 7) is 17.6. The Balaban J connectivity index is 2.70. The van der Waals surface area contributed by atoms with Crippen molar-refractivity contribution in [3.05, 3.63) is 29.3 Å². The second-order valence-electron chi connectivity index (χ2n) is 9.05. The van der Waals surface area contributed by atoms with Crippen LogP contribution >= 0.6 is 0 Å². The van der Waals surface area contributed by atoms with E-state index in [2.05, 4.69) is 78.0 Å². The Morgan fingerprint density at radius 3 is 2.12 bits per heavy atom. The minimum Gasteiger partial charge on any atom is -0.398 e. The summed E-state index contributed by atoms with van der Waals surface area (Å²) in [4.78, 5) is 18.1. The topological polar surface area (TPSA) is 41.9 Å². The Morgan fingerprint density at radius 1 is 1.08 bits per heavy atom. The number of carbonyl (C=O) groups is 1. The fourth-order valence-corrected chi connectivity index (χ4v) is 4.87. The lowest BCUT2D eigenvalue weighted by molar-refractivity contribution is -0.111. The van der Waals surface area contributed by atoms with Crippen molar-refractivity contribution in [2.75, 3.05) is 11.7 Å². The molecule has 0 saturated heterocycles. The molecule has 1 amide bonds. The molecule has 132 valence electrons. The van der Waals surface area contributed by atoms with Crippen molar-refractivity contribution in [3.63, 3.8) is 0 Å². The number of anilines is 1. The van der Waals surface area contributed by atoms with E-state index in [9.17, 15) is 4.79 Å². The van der Waals surface area contributed by atoms with E-state index in [4.69, 9.17) is 4.84 Å². The Hall–Kier alpha value is -1.62. The SMILES string of the molecule is CO/N=C1/C(=O)N([Si](C)(C)C(C)(C)C)c2ccc(C(C)(C)C)cc21. The summed E-state index contributed by atoms with van der Waals surface area (Å²) in [5.41, 5.74) is 3.48. The van der Waals surface area contributed by atoms with Gasteiger partial charge in [0, 0.05) is 11.3 Å². The first-order valence-electron chi connectivity index (χ1n) is 8.43. The Bertz CT molecular complexity index is 694. The monoisotopic (exact) mass is 346 g/mol. The first kappa shape index (κ1) is 18.7. The molecule has 0 aliphatic carbocycles. The van der Waals surface area contributed by atoms with Crippen LogP contribution in [0.15, 0.2) is 23.4 Å². The van der Waals surface area contributed by atoms with Gasteiger partial charge in [0.25, 0.3) is 5.91 Å². The first-order valence-corrected chi connectivity index (χ1v) is 11.4. The third-order valence-electron chi connectivity index (χ3n) is 5.34. The number of carbonyl (C=O) groups excluding carboxylic acids is 1. The molecule has 0 bridgehead atoms. The van der Waals surface area contributed by atoms with Crippen LogP contribution < -0.4 is 4.57 Å². The molecule has 24 heavy (non-hydrogen) atoms. The molecular formula is C19H30N2O2Si. The molecule has 0 fully saturated rings. The van der Waals surface area contributed by atoms with Gasteiger partial charge >= 0.3 is 0 Å². The van der Waals surface area contributed by atoms with Gasteiger partial charge in [-0.15, -0.1) is 0 Å². The highest BCUT2D eigenvalue weighted by Crippen LogP contribution is 2.45. The number of benzene rings is 1. The van der Waals surface area contributed by atoms with Crippen LogP contribution in [0.1, 0.15) is 52.7 Å². The van der Waals surface area contributed by atoms with E-state index >= 15 is 0 Å². The smallest absolute Gasteiger partial charge is 0.273 e. The van der Waals surface area contributed by atoms with Gasteiger partial charge in [-0.3, -0.25) is 4.79 Å². The van der Waals surface area contributed by atoms with Gasteiger partial charge in [-0.05, 0) is 28.1 Å². The highest BCUT2D eigenvalue weighted by Gasteiger charge is 2.50. The molecule has 5 heteroatoms. The van der Waals surface area contributed by atoms with Crippen molar-refractivity contribution in [2.24, 2.45) is 5.16 Å². The maximum Gasteiger partial charge on any atom is 0.273 e. The Morgan fingerprint density at radius 2 is 1.67 bits per heavy atom. The predicted octanol–water partition coefficient (Wildman–Crippen LogP) is 4.69. The molecule has 1 aliphatic heterocycles. The summed E-state index contributed by atoms with van der Waals surface area (Å²) in [7, 11) is -0.584. The van der Waals surface area contributed by atoms with Crippen molar-refractivity contribution in [3.8, 4) is 0 Å². The average molecular weight is 347 g/mol. The predicted molar refractivity (Wildman–Crippen MR) is 103 cm³/mol. The van der Waals surface area contributed by atoms with Gasteiger partial charge in [0.2, 0.25) is 0 Å². The third kappa shape index (κ3) is 2.90. The molecule has 4 nitrogen and oxygen atoms in total. The van der Waals surface area contributed by atoms with Crippen LogP contribution in [0, 0.1) is 0 Å². The molecule has 1 heterocycles. The number of hydrogen-bond donors (Lipinski definition) is 0. The minimum atomic E-state index is -2.07. The number of nitrogens with zero attached hydrogens (tertiary/aromatic N) is 2. The van der Waals surface area contributed by atoms with Crippen molar-refractivity contribution in [1.82, 2.24) is 0 Å². The lowest BCUT2D eigenvalue weighted by Gasteiger charge is -2.43. The number of fused-ring (bicyclic) bond motifs is 1. The van der Waals surface area contributed by atoms with E-state index < -0.39 is 8.24 Å². The van der Waals surface area contributed by atoms with Crippen LogP contribution in [0.2, 0.25) is 18.1 Å². The van der Waals surface area contributed by atoms with Crippen LogP contribution in [-0.2, 0) is 15.0 Å². The highest BCUT2D eigenvalue weighted by atomic mass is 28.3. The fourth-order valence-electron chi connectivity index (χ4n) is 2.79. The number of rotatable bonds is 2. The van der Waals surface area contributed by atoms with Gasteiger partial charge in [0.15, 0.2) is 13.9 Å². The standard InChI is InChI=1S/C19H30N2O2Si/c1-18(2,3)13-10-11-15-14(12-13)16(20-23-7)17(22)21(15)24(8,9)19(4,5)6/h10-12H,1-9H3/b20-16+. The maximum absolute atomic E-state index is 13.2. The molecule has 0 radical (unpaired) electrons. The van der Waals surface area contributed by atoms with Gasteiger partial charge in [-0.2, -0.15) is 0 Å². The molecule has 1 aromatic rings. The van der Waals surface area contributed by atoms with Gasteiger partial charge < -0.3 is 9.40 Å². The molecular weight excluding hydrogens is 316 g/mol. The van der Waals surface area contributed by atoms with Gasteiger partial charge in [-0.25, -0.2) is 0 Å². The van der Waals surface area contributed by atoms with Gasteiger partial charge in [0.1, 0.15) is 7.11 Å². The zero-order valence-electron chi connectivity index (χ0n) is 16.4. The van der Waals surface area contributed by atoms with Crippen LogP contribution in [0.4, 0.5) is 5.69 Å². The largest absolute Gasteiger partial charge is 0.398 e. The summed E-state index contributed by atoms with van der Waals surface area (Å²) in [6, 6.07) is 6.30. The molecule has 1 aliphatic rings. The fraction of sp³-hybridized carbons (Fsp3) is 0.579. The zero-order chi connectivity index (χ0) is 18.5. The lowest BCUT2D eigenvalue weighted by atomic mass is 9.86. The summed E-state index contributed by atoms with van der Waals surface area (Å²) in [6.07, 6.45) is 0. The van der Waals surface area contributed by atoms with Crippen LogP contribution in [0.3, 0.4) is 0 Å². The lowest BCUT2D eigenvalue weighted by Crippen LogP contribution is -2.57. The molecule has 1 aromatic carbocycles. The van der Waals surface area contributed by atoms with Gasteiger partial charge in [-0.1, -0.05) is 65.9 Å². The van der Waals surface area contributed by atoms with E-state index in [1.807, 2.05) is 4.57 Å². The third-order valence-corrected chi connectivity index (χ3v) is 10.6. The normalized spacial score (nSPS) is 17.5. The van der Waals surface area contributed by atoms with E-state index in [0.29, 0.717) is 5.71 Å². The summed E-state index contributed by atoms with van der Waals surface area (Å²) >= 11 is 0. The average Bonchev–Trinajstić information content (AvgIpc) is 2.69. The second kappa shape index (κ2) is 5.72. The van der Waals surface area contributed by atoms with Crippen LogP contribution in [0.25, 0.3) is 0 Å². The second-order valence-corrected chi connectivity index (χ2v) is 14.1. The molecule has 0 N–H and O–H groups in total. The Labute approximate surface area is 147 Å². The van der Waals surface area contributed by atoms with E-state index in [-0.39, 0.29) is 16.4 Å². The summed E-state index contributed by atoms with van der Waals surface area (Å²) in [5.74, 6) is -0.0375. The van der Waals surface area contributed by atoms with Crippen LogP contribution in [-0.4, -0.2) is 27.0 Å². The van der Waals surface area contributed by atoms with E-state index in [1.165, 1.54) is 12.7 Å². The number of hydrogen-bond acceptors (Lipinski definition) is 3. The molecule has 0 unspecified atom stereocenters. The van der Waals surface area contributed by atoms with E-state index in [0.717, 1.165) is 11.3 Å².